The van der Waals surface area contributed by atoms with E-state index < -0.39 is 0 Å². The lowest BCUT2D eigenvalue weighted by Crippen LogP contribution is -2.46. The maximum absolute atomic E-state index is 5.43. The van der Waals surface area contributed by atoms with E-state index in [1.807, 2.05) is 0 Å². The van der Waals surface area contributed by atoms with Crippen molar-refractivity contribution >= 4 is 24.8 Å². The minimum atomic E-state index is 0. The lowest BCUT2D eigenvalue weighted by Gasteiger charge is -2.39. The fourth-order valence-electron chi connectivity index (χ4n) is 4.10. The zero-order valence-corrected chi connectivity index (χ0v) is 15.8. The molecule has 23 heavy (non-hydrogen) atoms. The molecule has 1 N–H and O–H groups in total. The van der Waals surface area contributed by atoms with E-state index in [4.69, 9.17) is 4.74 Å². The first-order valence-corrected chi connectivity index (χ1v) is 8.39. The first-order chi connectivity index (χ1) is 10.3. The summed E-state index contributed by atoms with van der Waals surface area (Å²) in [6.07, 6.45) is 5.59. The van der Waals surface area contributed by atoms with Gasteiger partial charge in [-0.3, -0.25) is 4.90 Å². The molecule has 1 aromatic rings. The fraction of sp³-hybridized carbons (Fsp3) is 0.667. The SMILES string of the molecule is COc1ccc([C@@H](C2CCCC2)N2CCNCC2)cc1C.Cl.Cl. The molecule has 1 aliphatic carbocycles. The van der Waals surface area contributed by atoms with E-state index in [0.29, 0.717) is 6.04 Å². The second-order valence-corrected chi connectivity index (χ2v) is 6.50. The van der Waals surface area contributed by atoms with Crippen LogP contribution in [-0.4, -0.2) is 38.2 Å². The van der Waals surface area contributed by atoms with Crippen molar-refractivity contribution in [1.29, 1.82) is 0 Å². The van der Waals surface area contributed by atoms with Gasteiger partial charge in [-0.25, -0.2) is 0 Å². The monoisotopic (exact) mass is 360 g/mol. The molecule has 2 fully saturated rings. The number of piperazine rings is 1. The molecule has 5 heteroatoms. The summed E-state index contributed by atoms with van der Waals surface area (Å²) in [6.45, 7) is 6.75. The van der Waals surface area contributed by atoms with E-state index in [9.17, 15) is 0 Å². The summed E-state index contributed by atoms with van der Waals surface area (Å²) in [4.78, 5) is 2.70. The van der Waals surface area contributed by atoms with Gasteiger partial charge in [0.1, 0.15) is 5.75 Å². The normalized spacial score (nSPS) is 20.4. The quantitative estimate of drug-likeness (QED) is 0.878. The van der Waals surface area contributed by atoms with Crippen LogP contribution >= 0.6 is 24.8 Å². The minimum Gasteiger partial charge on any atom is -0.496 e. The molecule has 1 atom stereocenters. The van der Waals surface area contributed by atoms with E-state index in [1.165, 1.54) is 49.9 Å². The number of benzene rings is 1. The largest absolute Gasteiger partial charge is 0.496 e. The van der Waals surface area contributed by atoms with Crippen LogP contribution in [0.3, 0.4) is 0 Å². The molecule has 0 amide bonds. The standard InChI is InChI=1S/C18H28N2O.2ClH/c1-14-13-16(7-8-17(14)21-2)18(15-5-3-4-6-15)20-11-9-19-10-12-20;;/h7-8,13,15,18-19H,3-6,9-12H2,1-2H3;2*1H/t18-;;/m1../s1. The second kappa shape index (κ2) is 9.73. The number of rotatable bonds is 4. The lowest BCUT2D eigenvalue weighted by molar-refractivity contribution is 0.125. The van der Waals surface area contributed by atoms with Crippen molar-refractivity contribution in [2.24, 2.45) is 5.92 Å². The summed E-state index contributed by atoms with van der Waals surface area (Å²) in [6, 6.07) is 7.38. The third kappa shape index (κ3) is 4.76. The number of nitrogens with zero attached hydrogens (tertiary/aromatic N) is 1. The van der Waals surface area contributed by atoms with Crippen LogP contribution in [-0.2, 0) is 0 Å². The van der Waals surface area contributed by atoms with Crippen molar-refractivity contribution in [3.63, 3.8) is 0 Å². The van der Waals surface area contributed by atoms with Crippen molar-refractivity contribution in [3.8, 4) is 5.75 Å². The van der Waals surface area contributed by atoms with E-state index in [2.05, 4.69) is 35.3 Å². The molecule has 132 valence electrons. The number of aryl methyl sites for hydroxylation is 1. The highest BCUT2D eigenvalue weighted by molar-refractivity contribution is 5.85. The molecule has 3 nitrogen and oxygen atoms in total. The third-order valence-electron chi connectivity index (χ3n) is 5.15. The van der Waals surface area contributed by atoms with Gasteiger partial charge in [0.05, 0.1) is 7.11 Å². The van der Waals surface area contributed by atoms with Crippen molar-refractivity contribution < 1.29 is 4.74 Å². The number of methoxy groups -OCH3 is 1. The number of hydrogen-bond donors (Lipinski definition) is 1. The molecule has 0 bridgehead atoms. The molecule has 0 spiro atoms. The topological polar surface area (TPSA) is 24.5 Å². The number of hydrogen-bond acceptors (Lipinski definition) is 3. The van der Waals surface area contributed by atoms with Crippen molar-refractivity contribution in [2.75, 3.05) is 33.3 Å². The highest BCUT2D eigenvalue weighted by Gasteiger charge is 2.31. The van der Waals surface area contributed by atoms with Crippen molar-refractivity contribution in [1.82, 2.24) is 10.2 Å². The Morgan fingerprint density at radius 2 is 1.78 bits per heavy atom. The lowest BCUT2D eigenvalue weighted by atomic mass is 9.89. The number of ether oxygens (including phenoxy) is 1. The van der Waals surface area contributed by atoms with Gasteiger partial charge in [0.25, 0.3) is 0 Å². The molecule has 1 heterocycles. The molecular weight excluding hydrogens is 331 g/mol. The zero-order valence-electron chi connectivity index (χ0n) is 14.2. The Bertz CT molecular complexity index is 472. The first-order valence-electron chi connectivity index (χ1n) is 8.39. The Hall–Kier alpha value is -0.480. The molecule has 2 aliphatic rings. The van der Waals surface area contributed by atoms with E-state index in [0.717, 1.165) is 24.8 Å². The van der Waals surface area contributed by atoms with Gasteiger partial charge in [0.15, 0.2) is 0 Å². The van der Waals surface area contributed by atoms with Crippen LogP contribution < -0.4 is 10.1 Å². The molecule has 1 saturated heterocycles. The highest BCUT2D eigenvalue weighted by atomic mass is 35.5. The Labute approximate surface area is 153 Å². The Kier molecular flexibility index (Phi) is 8.70. The average Bonchev–Trinajstić information content (AvgIpc) is 3.03. The summed E-state index contributed by atoms with van der Waals surface area (Å²) in [5.74, 6) is 1.83. The molecule has 0 aromatic heterocycles. The minimum absolute atomic E-state index is 0. The van der Waals surface area contributed by atoms with Gasteiger partial charge in [-0.2, -0.15) is 0 Å². The molecular formula is C18H30Cl2N2O. The van der Waals surface area contributed by atoms with Gasteiger partial charge in [-0.15, -0.1) is 24.8 Å². The molecule has 3 rings (SSSR count). The van der Waals surface area contributed by atoms with Gasteiger partial charge in [-0.1, -0.05) is 25.0 Å². The van der Waals surface area contributed by atoms with Crippen LogP contribution in [0.2, 0.25) is 0 Å². The van der Waals surface area contributed by atoms with Crippen LogP contribution in [0, 0.1) is 12.8 Å². The van der Waals surface area contributed by atoms with Crippen LogP contribution in [0.5, 0.6) is 5.75 Å². The van der Waals surface area contributed by atoms with Crippen LogP contribution in [0.1, 0.15) is 42.9 Å². The Morgan fingerprint density at radius 3 is 2.35 bits per heavy atom. The van der Waals surface area contributed by atoms with Crippen LogP contribution in [0.4, 0.5) is 0 Å². The smallest absolute Gasteiger partial charge is 0.121 e. The summed E-state index contributed by atoms with van der Waals surface area (Å²) >= 11 is 0. The van der Waals surface area contributed by atoms with E-state index >= 15 is 0 Å². The van der Waals surface area contributed by atoms with Crippen LogP contribution in [0.25, 0.3) is 0 Å². The molecule has 0 unspecified atom stereocenters. The first kappa shape index (κ1) is 20.6. The van der Waals surface area contributed by atoms with Gasteiger partial charge >= 0.3 is 0 Å². The molecule has 1 saturated carbocycles. The summed E-state index contributed by atoms with van der Waals surface area (Å²) in [5, 5.41) is 3.48. The Morgan fingerprint density at radius 1 is 1.13 bits per heavy atom. The molecule has 1 aromatic carbocycles. The Balaban J connectivity index is 0.00000132. The van der Waals surface area contributed by atoms with Crippen molar-refractivity contribution in [2.45, 2.75) is 38.6 Å². The number of halogens is 2. The average molecular weight is 361 g/mol. The van der Waals surface area contributed by atoms with Crippen LogP contribution in [0.15, 0.2) is 18.2 Å². The van der Waals surface area contributed by atoms with Gasteiger partial charge in [0.2, 0.25) is 0 Å². The maximum Gasteiger partial charge on any atom is 0.121 e. The summed E-state index contributed by atoms with van der Waals surface area (Å²) in [7, 11) is 1.76. The second-order valence-electron chi connectivity index (χ2n) is 6.50. The van der Waals surface area contributed by atoms with E-state index in [1.54, 1.807) is 7.11 Å². The van der Waals surface area contributed by atoms with Crippen molar-refractivity contribution in [3.05, 3.63) is 29.3 Å². The molecule has 1 aliphatic heterocycles. The zero-order chi connectivity index (χ0) is 14.7. The molecule has 0 radical (unpaired) electrons. The predicted molar refractivity (Wildman–Crippen MR) is 101 cm³/mol. The van der Waals surface area contributed by atoms with E-state index in [-0.39, 0.29) is 24.8 Å². The summed E-state index contributed by atoms with van der Waals surface area (Å²) < 4.78 is 5.43. The third-order valence-corrected chi connectivity index (χ3v) is 5.15. The van der Waals surface area contributed by atoms with Gasteiger partial charge < -0.3 is 10.1 Å². The maximum atomic E-state index is 5.43. The number of nitrogens with one attached hydrogen (secondary N) is 1. The summed E-state index contributed by atoms with van der Waals surface area (Å²) in [5.41, 5.74) is 2.75. The highest BCUT2D eigenvalue weighted by Crippen LogP contribution is 2.40. The van der Waals surface area contributed by atoms with Gasteiger partial charge in [-0.05, 0) is 42.9 Å². The van der Waals surface area contributed by atoms with Gasteiger partial charge in [0, 0.05) is 32.2 Å². The predicted octanol–water partition coefficient (Wildman–Crippen LogP) is 3.98. The fourth-order valence-corrected chi connectivity index (χ4v) is 4.10.